The first kappa shape index (κ1) is 20.9. The van der Waals surface area contributed by atoms with Crippen LogP contribution in [0.2, 0.25) is 10.0 Å². The van der Waals surface area contributed by atoms with Crippen LogP contribution in [0.4, 0.5) is 0 Å². The van der Waals surface area contributed by atoms with Gasteiger partial charge in [-0.2, -0.15) is 0 Å². The third-order valence-electron chi connectivity index (χ3n) is 5.89. The SMILES string of the molecule is COC(C)c1ccc2c(c1)C(=O)N([C@@H](C)c1ccc(Cl)cc1)C2c1ccc(Cl)cc1. The summed E-state index contributed by atoms with van der Waals surface area (Å²) < 4.78 is 5.46. The number of rotatable bonds is 5. The highest BCUT2D eigenvalue weighted by Crippen LogP contribution is 2.44. The van der Waals surface area contributed by atoms with Gasteiger partial charge in [0.15, 0.2) is 0 Å². The van der Waals surface area contributed by atoms with Gasteiger partial charge in [0.05, 0.1) is 18.2 Å². The lowest BCUT2D eigenvalue weighted by Gasteiger charge is -2.32. The van der Waals surface area contributed by atoms with Crippen molar-refractivity contribution in [2.45, 2.75) is 32.0 Å². The Morgan fingerprint density at radius 1 is 0.867 bits per heavy atom. The largest absolute Gasteiger partial charge is 0.377 e. The van der Waals surface area contributed by atoms with E-state index in [1.807, 2.05) is 78.6 Å². The molecule has 0 aliphatic carbocycles. The zero-order valence-corrected chi connectivity index (χ0v) is 18.6. The smallest absolute Gasteiger partial charge is 0.255 e. The molecular formula is C25H23Cl2NO2. The van der Waals surface area contributed by atoms with Crippen molar-refractivity contribution in [2.75, 3.05) is 7.11 Å². The Balaban J connectivity index is 1.83. The highest BCUT2D eigenvalue weighted by molar-refractivity contribution is 6.30. The standard InChI is InChI=1S/C25H23Cl2NO2/c1-15(17-4-9-20(26)10-5-17)28-24(18-6-11-21(27)12-7-18)22-13-8-19(16(2)30-3)14-23(22)25(28)29/h4-16,24H,1-3H3/t15-,16?,24?/m0/s1. The number of carbonyl (C=O) groups is 1. The second-order valence-corrected chi connectivity index (χ2v) is 8.49. The molecule has 1 heterocycles. The van der Waals surface area contributed by atoms with Crippen molar-refractivity contribution in [1.82, 2.24) is 4.90 Å². The number of benzene rings is 3. The molecule has 3 aromatic rings. The minimum Gasteiger partial charge on any atom is -0.377 e. The Labute approximate surface area is 187 Å². The van der Waals surface area contributed by atoms with Crippen molar-refractivity contribution in [3.63, 3.8) is 0 Å². The number of hydrogen-bond donors (Lipinski definition) is 0. The maximum Gasteiger partial charge on any atom is 0.255 e. The fourth-order valence-electron chi connectivity index (χ4n) is 4.08. The zero-order chi connectivity index (χ0) is 21.4. The maximum atomic E-state index is 13.6. The number of ether oxygens (including phenoxy) is 1. The molecule has 3 nitrogen and oxygen atoms in total. The number of hydrogen-bond acceptors (Lipinski definition) is 2. The lowest BCUT2D eigenvalue weighted by Crippen LogP contribution is -2.31. The molecule has 3 aromatic carbocycles. The fraction of sp³-hybridized carbons (Fsp3) is 0.240. The summed E-state index contributed by atoms with van der Waals surface area (Å²) in [7, 11) is 1.67. The van der Waals surface area contributed by atoms with E-state index in [0.29, 0.717) is 10.0 Å². The Hall–Kier alpha value is -2.33. The molecule has 1 aliphatic rings. The number of amides is 1. The van der Waals surface area contributed by atoms with E-state index in [1.165, 1.54) is 0 Å². The summed E-state index contributed by atoms with van der Waals surface area (Å²) in [4.78, 5) is 15.6. The summed E-state index contributed by atoms with van der Waals surface area (Å²) in [6.45, 7) is 4.03. The second-order valence-electron chi connectivity index (χ2n) is 7.62. The van der Waals surface area contributed by atoms with Crippen LogP contribution < -0.4 is 0 Å². The highest BCUT2D eigenvalue weighted by Gasteiger charge is 2.40. The van der Waals surface area contributed by atoms with Crippen LogP contribution in [0, 0.1) is 0 Å². The van der Waals surface area contributed by atoms with Crippen LogP contribution in [0.15, 0.2) is 66.7 Å². The quantitative estimate of drug-likeness (QED) is 0.427. The van der Waals surface area contributed by atoms with E-state index in [1.54, 1.807) is 7.11 Å². The zero-order valence-electron chi connectivity index (χ0n) is 17.1. The number of carbonyl (C=O) groups excluding carboxylic acids is 1. The number of fused-ring (bicyclic) bond motifs is 1. The van der Waals surface area contributed by atoms with Gasteiger partial charge in [-0.15, -0.1) is 0 Å². The van der Waals surface area contributed by atoms with E-state index in [9.17, 15) is 4.79 Å². The number of methoxy groups -OCH3 is 1. The molecule has 1 amide bonds. The Kier molecular flexibility index (Phi) is 5.88. The molecule has 30 heavy (non-hydrogen) atoms. The second kappa shape index (κ2) is 8.43. The van der Waals surface area contributed by atoms with Crippen molar-refractivity contribution in [1.29, 1.82) is 0 Å². The molecule has 154 valence electrons. The first-order chi connectivity index (χ1) is 14.4. The van der Waals surface area contributed by atoms with E-state index in [0.717, 1.165) is 27.8 Å². The molecule has 5 heteroatoms. The van der Waals surface area contributed by atoms with Crippen molar-refractivity contribution < 1.29 is 9.53 Å². The van der Waals surface area contributed by atoms with Gasteiger partial charge in [-0.3, -0.25) is 4.79 Å². The summed E-state index contributed by atoms with van der Waals surface area (Å²) in [5.74, 6) is 0.0116. The molecule has 3 atom stereocenters. The van der Waals surface area contributed by atoms with Crippen LogP contribution in [0.25, 0.3) is 0 Å². The molecule has 0 bridgehead atoms. The van der Waals surface area contributed by atoms with Gasteiger partial charge in [0.1, 0.15) is 0 Å². The molecule has 0 fully saturated rings. The Morgan fingerprint density at radius 3 is 2.03 bits per heavy atom. The maximum absolute atomic E-state index is 13.6. The number of nitrogens with zero attached hydrogens (tertiary/aromatic N) is 1. The lowest BCUT2D eigenvalue weighted by molar-refractivity contribution is 0.0676. The molecule has 1 aliphatic heterocycles. The van der Waals surface area contributed by atoms with Crippen LogP contribution in [-0.4, -0.2) is 17.9 Å². The predicted octanol–water partition coefficient (Wildman–Crippen LogP) is 7.01. The van der Waals surface area contributed by atoms with Crippen LogP contribution >= 0.6 is 23.2 Å². The van der Waals surface area contributed by atoms with E-state index in [2.05, 4.69) is 6.92 Å². The molecule has 0 N–H and O–H groups in total. The van der Waals surface area contributed by atoms with E-state index in [4.69, 9.17) is 27.9 Å². The topological polar surface area (TPSA) is 29.5 Å². The average Bonchev–Trinajstić information content (AvgIpc) is 3.05. The van der Waals surface area contributed by atoms with Crippen molar-refractivity contribution in [3.05, 3.63) is 105 Å². The molecule has 0 saturated heterocycles. The minimum atomic E-state index is -0.192. The van der Waals surface area contributed by atoms with Gasteiger partial charge in [0.25, 0.3) is 5.91 Å². The minimum absolute atomic E-state index is 0.0116. The van der Waals surface area contributed by atoms with E-state index < -0.39 is 0 Å². The molecule has 0 spiro atoms. The monoisotopic (exact) mass is 439 g/mol. The Bertz CT molecular complexity index is 1060. The van der Waals surface area contributed by atoms with Gasteiger partial charge < -0.3 is 9.64 Å². The van der Waals surface area contributed by atoms with Gasteiger partial charge >= 0.3 is 0 Å². The van der Waals surface area contributed by atoms with Crippen molar-refractivity contribution >= 4 is 29.1 Å². The van der Waals surface area contributed by atoms with Crippen molar-refractivity contribution in [3.8, 4) is 0 Å². The molecular weight excluding hydrogens is 417 g/mol. The molecule has 2 unspecified atom stereocenters. The lowest BCUT2D eigenvalue weighted by atomic mass is 9.95. The summed E-state index contributed by atoms with van der Waals surface area (Å²) >= 11 is 12.2. The average molecular weight is 440 g/mol. The summed E-state index contributed by atoms with van der Waals surface area (Å²) in [5.41, 5.74) is 4.76. The summed E-state index contributed by atoms with van der Waals surface area (Å²) in [5, 5.41) is 1.35. The molecule has 4 rings (SSSR count). The van der Waals surface area contributed by atoms with Crippen LogP contribution in [0.3, 0.4) is 0 Å². The third kappa shape index (κ3) is 3.74. The van der Waals surface area contributed by atoms with Gasteiger partial charge in [-0.05, 0) is 66.4 Å². The molecule has 0 saturated carbocycles. The van der Waals surface area contributed by atoms with Crippen molar-refractivity contribution in [2.24, 2.45) is 0 Å². The fourth-order valence-corrected chi connectivity index (χ4v) is 4.33. The van der Waals surface area contributed by atoms with Gasteiger partial charge in [0.2, 0.25) is 0 Å². The number of halogens is 2. The van der Waals surface area contributed by atoms with Crippen LogP contribution in [0.1, 0.15) is 64.6 Å². The van der Waals surface area contributed by atoms with E-state index in [-0.39, 0.29) is 24.1 Å². The predicted molar refractivity (Wildman–Crippen MR) is 121 cm³/mol. The first-order valence-electron chi connectivity index (χ1n) is 9.91. The summed E-state index contributed by atoms with van der Waals surface area (Å²) in [6, 6.07) is 21.1. The highest BCUT2D eigenvalue weighted by atomic mass is 35.5. The van der Waals surface area contributed by atoms with Crippen LogP contribution in [-0.2, 0) is 4.74 Å². The van der Waals surface area contributed by atoms with Crippen LogP contribution in [0.5, 0.6) is 0 Å². The van der Waals surface area contributed by atoms with Gasteiger partial charge in [0, 0.05) is 22.7 Å². The summed E-state index contributed by atoms with van der Waals surface area (Å²) in [6.07, 6.45) is -0.0835. The third-order valence-corrected chi connectivity index (χ3v) is 6.40. The Morgan fingerprint density at radius 2 is 1.43 bits per heavy atom. The van der Waals surface area contributed by atoms with Gasteiger partial charge in [-0.25, -0.2) is 0 Å². The van der Waals surface area contributed by atoms with Gasteiger partial charge in [-0.1, -0.05) is 59.6 Å². The molecule has 0 aromatic heterocycles. The van der Waals surface area contributed by atoms with E-state index >= 15 is 0 Å². The normalized spacial score (nSPS) is 17.7. The first-order valence-corrected chi connectivity index (χ1v) is 10.7. The molecule has 0 radical (unpaired) electrons.